The zero-order chi connectivity index (χ0) is 23.2. The minimum absolute atomic E-state index is 0.116. The van der Waals surface area contributed by atoms with Crippen LogP contribution < -0.4 is 0 Å². The summed E-state index contributed by atoms with van der Waals surface area (Å²) in [6, 6.07) is 4.64. The van der Waals surface area contributed by atoms with E-state index in [0.29, 0.717) is 13.0 Å². The highest BCUT2D eigenvalue weighted by atomic mass is 79.9. The van der Waals surface area contributed by atoms with Gasteiger partial charge in [-0.05, 0) is 43.0 Å². The molecule has 1 atom stereocenters. The zero-order valence-corrected chi connectivity index (χ0v) is 21.3. The number of halogens is 1. The van der Waals surface area contributed by atoms with Crippen molar-refractivity contribution in [1.29, 1.82) is 0 Å². The molecule has 8 nitrogen and oxygen atoms in total. The first kappa shape index (κ1) is 25.8. The summed E-state index contributed by atoms with van der Waals surface area (Å²) in [5, 5.41) is 0. The molecular weight excluding hydrogens is 487 g/mol. The molecule has 0 bridgehead atoms. The lowest BCUT2D eigenvalue weighted by molar-refractivity contribution is -0.146. The average Bonchev–Trinajstić information content (AvgIpc) is 2.71. The van der Waals surface area contributed by atoms with Gasteiger partial charge in [-0.1, -0.05) is 35.8 Å². The van der Waals surface area contributed by atoms with Crippen molar-refractivity contribution in [3.05, 3.63) is 33.8 Å². The standard InChI is InChI=1S/C21H32BrN2O6P/c1-6-29-31(27,30-7-2)14-23(12-15(3)4)21(26)24-13-16-8-9-18(22)10-17(16)11-19(24)20(25)28-5/h8-10,15,19H,6-7,11-14H2,1-5H3/t19-/m1/s1. The van der Waals surface area contributed by atoms with Crippen LogP contribution in [0.3, 0.4) is 0 Å². The molecular formula is C21H32BrN2O6P. The number of urea groups is 1. The number of rotatable bonds is 9. The summed E-state index contributed by atoms with van der Waals surface area (Å²) < 4.78 is 29.9. The lowest BCUT2D eigenvalue weighted by Gasteiger charge is -2.39. The van der Waals surface area contributed by atoms with Gasteiger partial charge in [0, 0.05) is 24.0 Å². The Bertz CT molecular complexity index is 824. The second-order valence-corrected chi connectivity index (χ2v) is 10.7. The van der Waals surface area contributed by atoms with Crippen LogP contribution in [-0.4, -0.2) is 61.0 Å². The van der Waals surface area contributed by atoms with Crippen molar-refractivity contribution < 1.29 is 27.9 Å². The number of benzene rings is 1. The van der Waals surface area contributed by atoms with E-state index in [1.54, 1.807) is 13.8 Å². The average molecular weight is 519 g/mol. The zero-order valence-electron chi connectivity index (χ0n) is 18.8. The van der Waals surface area contributed by atoms with E-state index in [-0.39, 0.29) is 32.0 Å². The fourth-order valence-electron chi connectivity index (χ4n) is 3.64. The molecule has 0 saturated carbocycles. The number of carbonyl (C=O) groups is 2. The van der Waals surface area contributed by atoms with Crippen molar-refractivity contribution in [2.45, 2.75) is 46.7 Å². The van der Waals surface area contributed by atoms with Crippen molar-refractivity contribution in [2.24, 2.45) is 5.92 Å². The highest BCUT2D eigenvalue weighted by molar-refractivity contribution is 9.10. The van der Waals surface area contributed by atoms with E-state index in [0.717, 1.165) is 15.6 Å². The third kappa shape index (κ3) is 6.78. The Labute approximate surface area is 192 Å². The van der Waals surface area contributed by atoms with Gasteiger partial charge in [-0.2, -0.15) is 0 Å². The number of hydrogen-bond acceptors (Lipinski definition) is 6. The van der Waals surface area contributed by atoms with Crippen LogP contribution in [-0.2, 0) is 36.1 Å². The lowest BCUT2D eigenvalue weighted by Crippen LogP contribution is -2.54. The SMILES string of the molecule is CCOP(=O)(CN(CC(C)C)C(=O)N1Cc2ccc(Br)cc2C[C@@H]1C(=O)OC)OCC. The Morgan fingerprint density at radius 1 is 1.23 bits per heavy atom. The molecule has 0 aromatic heterocycles. The van der Waals surface area contributed by atoms with Gasteiger partial charge in [0.25, 0.3) is 0 Å². The van der Waals surface area contributed by atoms with Gasteiger partial charge in [0.1, 0.15) is 12.3 Å². The predicted molar refractivity (Wildman–Crippen MR) is 122 cm³/mol. The second-order valence-electron chi connectivity index (χ2n) is 7.77. The van der Waals surface area contributed by atoms with E-state index in [2.05, 4.69) is 15.9 Å². The molecule has 0 radical (unpaired) electrons. The first-order valence-corrected chi connectivity index (χ1v) is 12.9. The fraction of sp³-hybridized carbons (Fsp3) is 0.619. The van der Waals surface area contributed by atoms with Crippen molar-refractivity contribution >= 4 is 35.5 Å². The Morgan fingerprint density at radius 2 is 1.87 bits per heavy atom. The molecule has 1 heterocycles. The van der Waals surface area contributed by atoms with E-state index in [4.69, 9.17) is 13.8 Å². The fourth-order valence-corrected chi connectivity index (χ4v) is 5.73. The molecule has 1 aliphatic heterocycles. The van der Waals surface area contributed by atoms with Crippen LogP contribution in [0.5, 0.6) is 0 Å². The number of amides is 2. The molecule has 1 aromatic carbocycles. The van der Waals surface area contributed by atoms with E-state index >= 15 is 0 Å². The molecule has 0 unspecified atom stereocenters. The van der Waals surface area contributed by atoms with Crippen LogP contribution in [0.15, 0.2) is 22.7 Å². The van der Waals surface area contributed by atoms with Gasteiger partial charge in [0.15, 0.2) is 0 Å². The molecule has 0 aliphatic carbocycles. The van der Waals surface area contributed by atoms with Gasteiger partial charge in [-0.3, -0.25) is 4.57 Å². The maximum absolute atomic E-state index is 13.6. The Kier molecular flexibility index (Phi) is 9.55. The number of hydrogen-bond donors (Lipinski definition) is 0. The summed E-state index contributed by atoms with van der Waals surface area (Å²) in [5.74, 6) is -0.369. The van der Waals surface area contributed by atoms with E-state index in [9.17, 15) is 14.2 Å². The van der Waals surface area contributed by atoms with E-state index < -0.39 is 25.6 Å². The van der Waals surface area contributed by atoms with Crippen LogP contribution >= 0.6 is 23.5 Å². The van der Waals surface area contributed by atoms with Crippen molar-refractivity contribution in [3.63, 3.8) is 0 Å². The number of esters is 1. The Morgan fingerprint density at radius 3 is 2.42 bits per heavy atom. The Balaban J connectivity index is 2.38. The molecule has 2 rings (SSSR count). The minimum Gasteiger partial charge on any atom is -0.467 e. The van der Waals surface area contributed by atoms with Crippen LogP contribution in [0.25, 0.3) is 0 Å². The van der Waals surface area contributed by atoms with E-state index in [1.807, 2.05) is 32.0 Å². The molecule has 31 heavy (non-hydrogen) atoms. The normalized spacial score (nSPS) is 16.2. The minimum atomic E-state index is -3.50. The molecule has 174 valence electrons. The van der Waals surface area contributed by atoms with Crippen molar-refractivity contribution in [3.8, 4) is 0 Å². The van der Waals surface area contributed by atoms with Gasteiger partial charge in [0.05, 0.1) is 20.3 Å². The van der Waals surface area contributed by atoms with Gasteiger partial charge in [0.2, 0.25) is 0 Å². The maximum atomic E-state index is 13.6. The summed E-state index contributed by atoms with van der Waals surface area (Å²) in [7, 11) is -2.19. The number of fused-ring (bicyclic) bond motifs is 1. The lowest BCUT2D eigenvalue weighted by atomic mass is 9.94. The Hall–Kier alpha value is -1.41. The largest absolute Gasteiger partial charge is 0.467 e. The summed E-state index contributed by atoms with van der Waals surface area (Å²) in [4.78, 5) is 29.2. The molecule has 1 aromatic rings. The van der Waals surface area contributed by atoms with Gasteiger partial charge in [-0.25, -0.2) is 9.59 Å². The summed E-state index contributed by atoms with van der Waals surface area (Å²) in [6.07, 6.45) is 0.167. The van der Waals surface area contributed by atoms with Crippen molar-refractivity contribution in [1.82, 2.24) is 9.80 Å². The first-order chi connectivity index (χ1) is 14.6. The third-order valence-electron chi connectivity index (χ3n) is 4.87. The van der Waals surface area contributed by atoms with Crippen molar-refractivity contribution in [2.75, 3.05) is 33.2 Å². The van der Waals surface area contributed by atoms with Crippen LogP contribution in [0, 0.1) is 5.92 Å². The maximum Gasteiger partial charge on any atom is 0.349 e. The second kappa shape index (κ2) is 11.5. The highest BCUT2D eigenvalue weighted by Crippen LogP contribution is 2.48. The van der Waals surface area contributed by atoms with Gasteiger partial charge >= 0.3 is 19.6 Å². The number of ether oxygens (including phenoxy) is 1. The third-order valence-corrected chi connectivity index (χ3v) is 7.35. The molecule has 0 fully saturated rings. The molecule has 0 saturated heterocycles. The van der Waals surface area contributed by atoms with Crippen LogP contribution in [0.1, 0.15) is 38.8 Å². The smallest absolute Gasteiger partial charge is 0.349 e. The van der Waals surface area contributed by atoms with Gasteiger partial charge in [-0.15, -0.1) is 0 Å². The molecule has 0 N–H and O–H groups in total. The quantitative estimate of drug-likeness (QED) is 0.349. The molecule has 0 spiro atoms. The van der Waals surface area contributed by atoms with Crippen LogP contribution in [0.4, 0.5) is 4.79 Å². The topological polar surface area (TPSA) is 85.4 Å². The molecule has 10 heteroatoms. The van der Waals surface area contributed by atoms with E-state index in [1.165, 1.54) is 16.9 Å². The summed E-state index contributed by atoms with van der Waals surface area (Å²) in [5.41, 5.74) is 1.94. The summed E-state index contributed by atoms with van der Waals surface area (Å²) >= 11 is 3.46. The molecule has 2 amide bonds. The van der Waals surface area contributed by atoms with Crippen LogP contribution in [0.2, 0.25) is 0 Å². The number of methoxy groups -OCH3 is 1. The highest BCUT2D eigenvalue weighted by Gasteiger charge is 2.40. The first-order valence-electron chi connectivity index (χ1n) is 10.4. The summed E-state index contributed by atoms with van der Waals surface area (Å²) in [6.45, 7) is 8.40. The monoisotopic (exact) mass is 518 g/mol. The molecule has 1 aliphatic rings. The predicted octanol–water partition coefficient (Wildman–Crippen LogP) is 4.65. The number of carbonyl (C=O) groups excluding carboxylic acids is 2. The number of nitrogens with zero attached hydrogens (tertiary/aromatic N) is 2. The van der Waals surface area contributed by atoms with Gasteiger partial charge < -0.3 is 23.6 Å².